The second-order valence-corrected chi connectivity index (χ2v) is 6.99. The van der Waals surface area contributed by atoms with Gasteiger partial charge < -0.3 is 5.11 Å². The number of aliphatic hydroxyl groups excluding tert-OH is 1. The van der Waals surface area contributed by atoms with Crippen molar-refractivity contribution in [3.8, 4) is 0 Å². The maximum absolute atomic E-state index is 12.9. The number of hydrogen-bond donors (Lipinski definition) is 1. The number of alkyl halides is 3. The lowest BCUT2D eigenvalue weighted by Gasteiger charge is -2.36. The van der Waals surface area contributed by atoms with Gasteiger partial charge in [0.2, 0.25) is 0 Å². The smallest absolute Gasteiger partial charge is 0.383 e. The molecule has 1 fully saturated rings. The molecule has 1 unspecified atom stereocenters. The number of hydrogen-bond acceptors (Lipinski definition) is 1. The summed E-state index contributed by atoms with van der Waals surface area (Å²) in [5.74, 6) is 0. The zero-order valence-electron chi connectivity index (χ0n) is 13.4. The monoisotopic (exact) mass is 308 g/mol. The Morgan fingerprint density at radius 3 is 1.29 bits per heavy atom. The van der Waals surface area contributed by atoms with E-state index >= 15 is 0 Å². The quantitative estimate of drug-likeness (QED) is 0.629. The second-order valence-electron chi connectivity index (χ2n) is 6.99. The fraction of sp³-hybridized carbons (Fsp3) is 1.00. The highest BCUT2D eigenvalue weighted by Gasteiger charge is 2.49. The van der Waals surface area contributed by atoms with Crippen LogP contribution in [0.25, 0.3) is 0 Å². The van der Waals surface area contributed by atoms with E-state index in [1.165, 1.54) is 32.1 Å². The van der Waals surface area contributed by atoms with Crippen LogP contribution in [-0.4, -0.2) is 17.4 Å². The summed E-state index contributed by atoms with van der Waals surface area (Å²) in [6.45, 7) is 1.62. The van der Waals surface area contributed by atoms with E-state index < -0.39 is 17.7 Å². The van der Waals surface area contributed by atoms with Gasteiger partial charge in [-0.25, -0.2) is 0 Å². The lowest BCUT2D eigenvalue weighted by Crippen LogP contribution is -2.43. The fourth-order valence-electron chi connectivity index (χ4n) is 3.44. The van der Waals surface area contributed by atoms with E-state index in [1.807, 2.05) is 0 Å². The molecular weight excluding hydrogens is 277 g/mol. The van der Waals surface area contributed by atoms with Crippen molar-refractivity contribution in [1.82, 2.24) is 0 Å². The van der Waals surface area contributed by atoms with Crippen molar-refractivity contribution in [3.63, 3.8) is 0 Å². The number of aliphatic hydroxyl groups is 1. The van der Waals surface area contributed by atoms with Gasteiger partial charge in [-0.05, 0) is 12.8 Å². The van der Waals surface area contributed by atoms with Crippen LogP contribution in [0.1, 0.15) is 90.4 Å². The van der Waals surface area contributed by atoms with E-state index in [1.54, 1.807) is 6.92 Å². The van der Waals surface area contributed by atoms with E-state index in [-0.39, 0.29) is 0 Å². The van der Waals surface area contributed by atoms with Crippen molar-refractivity contribution < 1.29 is 18.3 Å². The van der Waals surface area contributed by atoms with Crippen LogP contribution in [0, 0.1) is 5.41 Å². The minimum absolute atomic E-state index is 0.480. The molecule has 0 heterocycles. The van der Waals surface area contributed by atoms with E-state index in [9.17, 15) is 18.3 Å². The molecule has 0 aromatic rings. The van der Waals surface area contributed by atoms with Gasteiger partial charge in [0.15, 0.2) is 6.10 Å². The molecule has 0 amide bonds. The van der Waals surface area contributed by atoms with Gasteiger partial charge in [-0.15, -0.1) is 0 Å². The molecule has 126 valence electrons. The van der Waals surface area contributed by atoms with Gasteiger partial charge in [-0.2, -0.15) is 13.2 Å². The van der Waals surface area contributed by atoms with E-state index in [0.717, 1.165) is 38.5 Å². The van der Waals surface area contributed by atoms with Crippen LogP contribution < -0.4 is 0 Å². The molecule has 1 nitrogen and oxygen atoms in total. The lowest BCUT2D eigenvalue weighted by atomic mass is 9.74. The summed E-state index contributed by atoms with van der Waals surface area (Å²) in [5, 5.41) is 9.75. The maximum atomic E-state index is 12.9. The molecule has 0 saturated heterocycles. The minimum atomic E-state index is -4.50. The van der Waals surface area contributed by atoms with Crippen molar-refractivity contribution in [2.75, 3.05) is 0 Å². The first kappa shape index (κ1) is 18.8. The number of rotatable bonds is 1. The molecule has 21 heavy (non-hydrogen) atoms. The summed E-state index contributed by atoms with van der Waals surface area (Å²) < 4.78 is 38.7. The van der Waals surface area contributed by atoms with Crippen molar-refractivity contribution in [2.45, 2.75) is 103 Å². The minimum Gasteiger partial charge on any atom is -0.383 e. The molecule has 0 radical (unpaired) electrons. The molecule has 1 aliphatic rings. The van der Waals surface area contributed by atoms with Crippen LogP contribution in [0.3, 0.4) is 0 Å². The Morgan fingerprint density at radius 1 is 0.714 bits per heavy atom. The Bertz CT molecular complexity index is 262. The molecule has 0 bridgehead atoms. The van der Waals surface area contributed by atoms with Gasteiger partial charge >= 0.3 is 6.18 Å². The van der Waals surface area contributed by atoms with Gasteiger partial charge in [-0.3, -0.25) is 0 Å². The van der Waals surface area contributed by atoms with Crippen LogP contribution in [-0.2, 0) is 0 Å². The Morgan fingerprint density at radius 2 is 1.00 bits per heavy atom. The van der Waals surface area contributed by atoms with Crippen LogP contribution in [0.15, 0.2) is 0 Å². The normalized spacial score (nSPS) is 25.0. The summed E-state index contributed by atoms with van der Waals surface area (Å²) in [7, 11) is 0. The summed E-state index contributed by atoms with van der Waals surface area (Å²) in [4.78, 5) is 0. The molecule has 0 aromatic carbocycles. The van der Waals surface area contributed by atoms with Gasteiger partial charge in [0.05, 0.1) is 0 Å². The zero-order chi connectivity index (χ0) is 15.8. The van der Waals surface area contributed by atoms with Crippen LogP contribution in [0.5, 0.6) is 0 Å². The van der Waals surface area contributed by atoms with E-state index in [0.29, 0.717) is 12.8 Å². The summed E-state index contributed by atoms with van der Waals surface area (Å²) >= 11 is 0. The van der Waals surface area contributed by atoms with Crippen molar-refractivity contribution in [1.29, 1.82) is 0 Å². The summed E-state index contributed by atoms with van der Waals surface area (Å²) in [6, 6.07) is 0. The highest BCUT2D eigenvalue weighted by atomic mass is 19.4. The largest absolute Gasteiger partial charge is 0.414 e. The van der Waals surface area contributed by atoms with E-state index in [4.69, 9.17) is 0 Å². The molecule has 1 saturated carbocycles. The third-order valence-corrected chi connectivity index (χ3v) is 4.97. The van der Waals surface area contributed by atoms with Crippen molar-refractivity contribution in [2.24, 2.45) is 5.41 Å². The predicted octanol–water partition coefficient (Wildman–Crippen LogP) is 6.00. The first-order valence-corrected chi connectivity index (χ1v) is 8.61. The number of halogens is 3. The van der Waals surface area contributed by atoms with Crippen molar-refractivity contribution in [3.05, 3.63) is 0 Å². The summed E-state index contributed by atoms with van der Waals surface area (Å²) in [5.41, 5.74) is -1.01. The molecule has 1 atom stereocenters. The third-order valence-electron chi connectivity index (χ3n) is 4.97. The fourth-order valence-corrected chi connectivity index (χ4v) is 3.44. The molecule has 0 aliphatic heterocycles. The third kappa shape index (κ3) is 7.03. The topological polar surface area (TPSA) is 20.2 Å². The standard InChI is InChI=1S/C17H31F3O/c1-16(15(21)17(18,19)20)13-11-9-7-5-3-2-4-6-8-10-12-14-16/h15,21H,2-14H2,1H3. The van der Waals surface area contributed by atoms with Gasteiger partial charge in [0.1, 0.15) is 0 Å². The zero-order valence-corrected chi connectivity index (χ0v) is 13.4. The molecule has 1 N–H and O–H groups in total. The highest BCUT2D eigenvalue weighted by molar-refractivity contribution is 4.87. The average Bonchev–Trinajstić information content (AvgIpc) is 2.41. The van der Waals surface area contributed by atoms with Crippen molar-refractivity contribution >= 4 is 0 Å². The Labute approximate surface area is 127 Å². The van der Waals surface area contributed by atoms with Gasteiger partial charge in [0.25, 0.3) is 0 Å². The van der Waals surface area contributed by atoms with Crippen LogP contribution in [0.2, 0.25) is 0 Å². The molecule has 0 spiro atoms. The Hall–Kier alpha value is -0.250. The second kappa shape index (κ2) is 9.02. The van der Waals surface area contributed by atoms with Crippen LogP contribution in [0.4, 0.5) is 13.2 Å². The Balaban J connectivity index is 2.60. The summed E-state index contributed by atoms with van der Waals surface area (Å²) in [6.07, 6.45) is 6.25. The Kier molecular flexibility index (Phi) is 8.07. The predicted molar refractivity (Wildman–Crippen MR) is 80.2 cm³/mol. The molecule has 1 rings (SSSR count). The first-order chi connectivity index (χ1) is 9.86. The molecule has 1 aliphatic carbocycles. The van der Waals surface area contributed by atoms with Gasteiger partial charge in [0, 0.05) is 5.41 Å². The highest BCUT2D eigenvalue weighted by Crippen LogP contribution is 2.42. The first-order valence-electron chi connectivity index (χ1n) is 8.61. The van der Waals surface area contributed by atoms with E-state index in [2.05, 4.69) is 0 Å². The van der Waals surface area contributed by atoms with Gasteiger partial charge in [-0.1, -0.05) is 77.6 Å². The average molecular weight is 308 g/mol. The SMILES string of the molecule is CC1(C(O)C(F)(F)F)CCCCCCCCCCCCC1. The lowest BCUT2D eigenvalue weighted by molar-refractivity contribution is -0.239. The molecule has 4 heteroatoms. The van der Waals surface area contributed by atoms with Crippen LogP contribution >= 0.6 is 0 Å². The maximum Gasteiger partial charge on any atom is 0.414 e. The molecule has 0 aromatic heterocycles. The molecular formula is C17H31F3O.